The number of aliphatic carboxylic acids is 1. The SMILES string of the molecule is CC(C)(C)NS(=O)(=O)N(CC(=O)O)C1CCCC1. The Morgan fingerprint density at radius 2 is 1.83 bits per heavy atom. The van der Waals surface area contributed by atoms with Crippen LogP contribution >= 0.6 is 0 Å². The number of carboxylic acid groups (broad SMARTS) is 1. The maximum absolute atomic E-state index is 12.2. The summed E-state index contributed by atoms with van der Waals surface area (Å²) in [5.41, 5.74) is -0.617. The summed E-state index contributed by atoms with van der Waals surface area (Å²) in [7, 11) is -3.76. The molecule has 1 aliphatic carbocycles. The van der Waals surface area contributed by atoms with Crippen molar-refractivity contribution in [1.82, 2.24) is 9.03 Å². The van der Waals surface area contributed by atoms with Gasteiger partial charge in [0.05, 0.1) is 0 Å². The molecule has 0 heterocycles. The van der Waals surface area contributed by atoms with Crippen molar-refractivity contribution in [3.8, 4) is 0 Å². The van der Waals surface area contributed by atoms with E-state index in [1.54, 1.807) is 20.8 Å². The third kappa shape index (κ3) is 4.55. The molecule has 1 rings (SSSR count). The second-order valence-electron chi connectivity index (χ2n) is 5.73. The lowest BCUT2D eigenvalue weighted by molar-refractivity contribution is -0.137. The molecule has 0 aromatic heterocycles. The first-order valence-electron chi connectivity index (χ1n) is 6.14. The van der Waals surface area contributed by atoms with Crippen LogP contribution in [0, 0.1) is 0 Å². The molecular formula is C11H22N2O4S. The first-order chi connectivity index (χ1) is 8.12. The summed E-state index contributed by atoms with van der Waals surface area (Å²) in [6.07, 6.45) is 3.37. The molecule has 7 heteroatoms. The van der Waals surface area contributed by atoms with E-state index in [2.05, 4.69) is 4.72 Å². The van der Waals surface area contributed by atoms with E-state index < -0.39 is 28.3 Å². The zero-order chi connectivity index (χ0) is 14.0. The van der Waals surface area contributed by atoms with Gasteiger partial charge in [0.2, 0.25) is 0 Å². The van der Waals surface area contributed by atoms with Crippen molar-refractivity contribution in [2.45, 2.75) is 58.0 Å². The molecule has 0 saturated heterocycles. The molecule has 0 aromatic carbocycles. The average Bonchev–Trinajstić information content (AvgIpc) is 2.61. The molecule has 1 aliphatic rings. The van der Waals surface area contributed by atoms with E-state index in [1.807, 2.05) is 0 Å². The minimum absolute atomic E-state index is 0.194. The minimum atomic E-state index is -3.76. The Labute approximate surface area is 109 Å². The van der Waals surface area contributed by atoms with Gasteiger partial charge in [-0.3, -0.25) is 4.79 Å². The van der Waals surface area contributed by atoms with Crippen molar-refractivity contribution in [3.05, 3.63) is 0 Å². The molecule has 0 unspecified atom stereocenters. The van der Waals surface area contributed by atoms with Crippen LogP contribution in [0.4, 0.5) is 0 Å². The molecule has 1 saturated carbocycles. The average molecular weight is 278 g/mol. The maximum atomic E-state index is 12.2. The molecular weight excluding hydrogens is 256 g/mol. The summed E-state index contributed by atoms with van der Waals surface area (Å²) < 4.78 is 28.0. The first kappa shape index (κ1) is 15.4. The van der Waals surface area contributed by atoms with Crippen LogP contribution in [-0.4, -0.2) is 41.9 Å². The number of hydrogen-bond acceptors (Lipinski definition) is 3. The fourth-order valence-corrected chi connectivity index (χ4v) is 3.96. The molecule has 0 aliphatic heterocycles. The number of carbonyl (C=O) groups is 1. The van der Waals surface area contributed by atoms with E-state index in [0.29, 0.717) is 0 Å². The number of rotatable bonds is 5. The third-order valence-electron chi connectivity index (χ3n) is 2.77. The molecule has 106 valence electrons. The molecule has 0 bridgehead atoms. The fraction of sp³-hybridized carbons (Fsp3) is 0.909. The van der Waals surface area contributed by atoms with Crippen LogP contribution in [0.2, 0.25) is 0 Å². The van der Waals surface area contributed by atoms with Crippen LogP contribution in [0.15, 0.2) is 0 Å². The summed E-state index contributed by atoms with van der Waals surface area (Å²) in [5.74, 6) is -1.12. The molecule has 0 radical (unpaired) electrons. The number of nitrogens with one attached hydrogen (secondary N) is 1. The molecule has 0 amide bonds. The minimum Gasteiger partial charge on any atom is -0.480 e. The van der Waals surface area contributed by atoms with Gasteiger partial charge in [0.1, 0.15) is 6.54 Å². The number of hydrogen-bond donors (Lipinski definition) is 2. The Kier molecular flexibility index (Phi) is 4.74. The predicted octanol–water partition coefficient (Wildman–Crippen LogP) is 0.948. The van der Waals surface area contributed by atoms with Crippen molar-refractivity contribution >= 4 is 16.2 Å². The molecule has 18 heavy (non-hydrogen) atoms. The summed E-state index contributed by atoms with van der Waals surface area (Å²) in [4.78, 5) is 10.8. The quantitative estimate of drug-likeness (QED) is 0.784. The van der Waals surface area contributed by atoms with Crippen molar-refractivity contribution < 1.29 is 18.3 Å². The van der Waals surface area contributed by atoms with Gasteiger partial charge in [0.25, 0.3) is 10.2 Å². The van der Waals surface area contributed by atoms with Gasteiger partial charge in [-0.15, -0.1) is 0 Å². The highest BCUT2D eigenvalue weighted by Crippen LogP contribution is 2.25. The molecule has 6 nitrogen and oxygen atoms in total. The van der Waals surface area contributed by atoms with Crippen LogP contribution in [0.5, 0.6) is 0 Å². The standard InChI is InChI=1S/C11H22N2O4S/c1-11(2,3)12-18(16,17)13(8-10(14)15)9-6-4-5-7-9/h9,12H,4-8H2,1-3H3,(H,14,15). The normalized spacial score (nSPS) is 18.4. The van der Waals surface area contributed by atoms with Gasteiger partial charge in [-0.1, -0.05) is 12.8 Å². The van der Waals surface area contributed by atoms with E-state index in [1.165, 1.54) is 0 Å². The molecule has 0 atom stereocenters. The van der Waals surface area contributed by atoms with Gasteiger partial charge in [-0.2, -0.15) is 17.4 Å². The summed E-state index contributed by atoms with van der Waals surface area (Å²) in [6.45, 7) is 4.73. The predicted molar refractivity (Wildman–Crippen MR) is 68.4 cm³/mol. The van der Waals surface area contributed by atoms with Crippen LogP contribution in [0.25, 0.3) is 0 Å². The van der Waals surface area contributed by atoms with Crippen LogP contribution in [0.1, 0.15) is 46.5 Å². The van der Waals surface area contributed by atoms with Crippen molar-refractivity contribution in [3.63, 3.8) is 0 Å². The topological polar surface area (TPSA) is 86.7 Å². The van der Waals surface area contributed by atoms with Crippen LogP contribution in [0.3, 0.4) is 0 Å². The van der Waals surface area contributed by atoms with Crippen LogP contribution in [-0.2, 0) is 15.0 Å². The lowest BCUT2D eigenvalue weighted by Crippen LogP contribution is -2.53. The lowest BCUT2D eigenvalue weighted by Gasteiger charge is -2.30. The Bertz CT molecular complexity index is 394. The summed E-state index contributed by atoms with van der Waals surface area (Å²) in [5, 5.41) is 8.87. The van der Waals surface area contributed by atoms with Crippen LogP contribution < -0.4 is 4.72 Å². The van der Waals surface area contributed by atoms with Crippen molar-refractivity contribution in [1.29, 1.82) is 0 Å². The second-order valence-corrected chi connectivity index (χ2v) is 7.36. The second kappa shape index (κ2) is 5.54. The van der Waals surface area contributed by atoms with Gasteiger partial charge < -0.3 is 5.11 Å². The maximum Gasteiger partial charge on any atom is 0.318 e. The highest BCUT2D eigenvalue weighted by atomic mass is 32.2. The zero-order valence-corrected chi connectivity index (χ0v) is 12.0. The fourth-order valence-electron chi connectivity index (χ4n) is 2.18. The Morgan fingerprint density at radius 1 is 1.33 bits per heavy atom. The Balaban J connectivity index is 2.90. The monoisotopic (exact) mass is 278 g/mol. The van der Waals surface area contributed by atoms with Gasteiger partial charge in [0, 0.05) is 11.6 Å². The summed E-state index contributed by atoms with van der Waals surface area (Å²) in [6, 6.07) is -0.194. The van der Waals surface area contributed by atoms with E-state index in [-0.39, 0.29) is 6.04 Å². The summed E-state index contributed by atoms with van der Waals surface area (Å²) >= 11 is 0. The van der Waals surface area contributed by atoms with Crippen molar-refractivity contribution in [2.75, 3.05) is 6.54 Å². The van der Waals surface area contributed by atoms with Gasteiger partial charge in [-0.25, -0.2) is 0 Å². The molecule has 2 N–H and O–H groups in total. The first-order valence-corrected chi connectivity index (χ1v) is 7.58. The highest BCUT2D eigenvalue weighted by Gasteiger charge is 2.35. The number of carboxylic acids is 1. The highest BCUT2D eigenvalue weighted by molar-refractivity contribution is 7.87. The van der Waals surface area contributed by atoms with E-state index in [9.17, 15) is 13.2 Å². The van der Waals surface area contributed by atoms with Crippen molar-refractivity contribution in [2.24, 2.45) is 0 Å². The Morgan fingerprint density at radius 3 is 2.22 bits per heavy atom. The number of nitrogens with zero attached hydrogens (tertiary/aromatic N) is 1. The zero-order valence-electron chi connectivity index (χ0n) is 11.1. The molecule has 0 spiro atoms. The van der Waals surface area contributed by atoms with E-state index >= 15 is 0 Å². The third-order valence-corrected chi connectivity index (χ3v) is 4.68. The molecule has 1 fully saturated rings. The Hall–Kier alpha value is -0.660. The van der Waals surface area contributed by atoms with E-state index in [0.717, 1.165) is 30.0 Å². The van der Waals surface area contributed by atoms with E-state index in [4.69, 9.17) is 5.11 Å². The van der Waals surface area contributed by atoms with Gasteiger partial charge >= 0.3 is 5.97 Å². The van der Waals surface area contributed by atoms with Gasteiger partial charge in [0.15, 0.2) is 0 Å². The smallest absolute Gasteiger partial charge is 0.318 e. The van der Waals surface area contributed by atoms with Gasteiger partial charge in [-0.05, 0) is 33.6 Å². The lowest BCUT2D eigenvalue weighted by atomic mass is 10.1. The molecule has 0 aromatic rings. The largest absolute Gasteiger partial charge is 0.480 e.